The predicted molar refractivity (Wildman–Crippen MR) is 110 cm³/mol. The van der Waals surface area contributed by atoms with Crippen molar-refractivity contribution in [3.63, 3.8) is 0 Å². The smallest absolute Gasteiger partial charge is 0.242 e. The number of nitrogens with two attached hydrogens (primary N) is 1. The predicted octanol–water partition coefficient (Wildman–Crippen LogP) is 0.669. The Balaban J connectivity index is 1.16. The molecule has 0 aromatic heterocycles. The van der Waals surface area contributed by atoms with Crippen LogP contribution in [0.15, 0.2) is 24.3 Å². The van der Waals surface area contributed by atoms with Crippen LogP contribution in [0.4, 0.5) is 0 Å². The van der Waals surface area contributed by atoms with Crippen molar-refractivity contribution >= 4 is 17.7 Å². The van der Waals surface area contributed by atoms with E-state index in [4.69, 9.17) is 19.9 Å². The number of nitrogens with zero attached hydrogens (tertiary/aromatic N) is 1. The van der Waals surface area contributed by atoms with E-state index in [1.807, 2.05) is 12.1 Å². The van der Waals surface area contributed by atoms with Crippen LogP contribution >= 0.6 is 0 Å². The van der Waals surface area contributed by atoms with Crippen LogP contribution in [0.25, 0.3) is 0 Å². The summed E-state index contributed by atoms with van der Waals surface area (Å²) < 4.78 is 16.8. The quantitative estimate of drug-likeness (QED) is 0.555. The zero-order chi connectivity index (χ0) is 21.8. The van der Waals surface area contributed by atoms with E-state index in [1.54, 1.807) is 0 Å². The van der Waals surface area contributed by atoms with Crippen LogP contribution in [-0.2, 0) is 23.9 Å². The normalized spacial score (nSPS) is 21.9. The highest BCUT2D eigenvalue weighted by molar-refractivity contribution is 5.90. The highest BCUT2D eigenvalue weighted by atomic mass is 16.7. The van der Waals surface area contributed by atoms with Gasteiger partial charge in [0.25, 0.3) is 0 Å². The number of primary amides is 1. The van der Waals surface area contributed by atoms with Gasteiger partial charge in [-0.05, 0) is 42.9 Å². The van der Waals surface area contributed by atoms with Crippen molar-refractivity contribution in [1.29, 1.82) is 0 Å². The van der Waals surface area contributed by atoms with E-state index >= 15 is 0 Å². The highest BCUT2D eigenvalue weighted by Gasteiger charge is 2.51. The van der Waals surface area contributed by atoms with Crippen LogP contribution in [0.2, 0.25) is 0 Å². The van der Waals surface area contributed by atoms with Gasteiger partial charge in [-0.15, -0.1) is 0 Å². The lowest BCUT2D eigenvalue weighted by atomic mass is 10.1. The lowest BCUT2D eigenvalue weighted by molar-refractivity contribution is -0.152. The summed E-state index contributed by atoms with van der Waals surface area (Å²) in [7, 11) is 0. The van der Waals surface area contributed by atoms with Crippen molar-refractivity contribution in [1.82, 2.24) is 10.2 Å². The molecule has 31 heavy (non-hydrogen) atoms. The Morgan fingerprint density at radius 2 is 1.87 bits per heavy atom. The summed E-state index contributed by atoms with van der Waals surface area (Å²) in [6, 6.07) is 7.30. The van der Waals surface area contributed by atoms with Crippen LogP contribution in [0, 0.1) is 0 Å². The zero-order valence-electron chi connectivity index (χ0n) is 17.5. The molecule has 2 heterocycles. The van der Waals surface area contributed by atoms with Crippen LogP contribution in [-0.4, -0.2) is 67.4 Å². The number of benzene rings is 1. The van der Waals surface area contributed by atoms with Crippen molar-refractivity contribution in [2.24, 2.45) is 5.73 Å². The monoisotopic (exact) mass is 431 g/mol. The Kier molecular flexibility index (Phi) is 6.43. The number of carbonyl (C=O) groups is 3. The largest absolute Gasteiger partial charge is 0.494 e. The lowest BCUT2D eigenvalue weighted by Crippen LogP contribution is -2.48. The lowest BCUT2D eigenvalue weighted by Gasteiger charge is -2.23. The van der Waals surface area contributed by atoms with E-state index in [1.165, 1.54) is 23.3 Å². The number of hydrogen-bond acceptors (Lipinski definition) is 6. The average Bonchev–Trinajstić information content (AvgIpc) is 3.40. The average molecular weight is 431 g/mol. The van der Waals surface area contributed by atoms with Crippen molar-refractivity contribution < 1.29 is 28.6 Å². The second-order valence-electron chi connectivity index (χ2n) is 8.32. The van der Waals surface area contributed by atoms with Gasteiger partial charge in [0.15, 0.2) is 5.79 Å². The van der Waals surface area contributed by atoms with E-state index < -0.39 is 17.7 Å². The molecule has 1 aromatic rings. The Morgan fingerprint density at radius 1 is 1.16 bits per heavy atom. The molecule has 1 spiro atoms. The van der Waals surface area contributed by atoms with Crippen molar-refractivity contribution in [2.75, 3.05) is 32.9 Å². The summed E-state index contributed by atoms with van der Waals surface area (Å²) in [5.41, 5.74) is 6.79. The summed E-state index contributed by atoms with van der Waals surface area (Å²) in [5, 5.41) is 2.60. The number of nitrogens with one attached hydrogen (secondary N) is 1. The first kappa shape index (κ1) is 21.6. The summed E-state index contributed by atoms with van der Waals surface area (Å²) in [4.78, 5) is 37.7. The van der Waals surface area contributed by atoms with Crippen molar-refractivity contribution in [3.05, 3.63) is 29.8 Å². The Bertz CT molecular complexity index is 817. The first-order chi connectivity index (χ1) is 15.0. The van der Waals surface area contributed by atoms with Gasteiger partial charge in [-0.2, -0.15) is 0 Å². The second kappa shape index (κ2) is 9.23. The molecule has 3 aliphatic rings. The van der Waals surface area contributed by atoms with Crippen LogP contribution in [0.1, 0.15) is 43.6 Å². The molecule has 1 atom stereocenters. The van der Waals surface area contributed by atoms with E-state index in [0.717, 1.165) is 5.75 Å². The van der Waals surface area contributed by atoms with Gasteiger partial charge in [0.05, 0.1) is 32.9 Å². The molecule has 168 valence electrons. The standard InChI is InChI=1S/C22H29N3O6/c23-21(28)18-12-22(30-10-11-31-22)14-25(18)20(27)13-24-19(26)2-1-9-29-17-7-5-16(6-8-17)15-3-4-15/h5-8,15,18H,1-4,9-14H2,(H2,23,28)(H,24,26). The number of rotatable bonds is 9. The summed E-state index contributed by atoms with van der Waals surface area (Å²) in [6.45, 7) is 1.16. The number of likely N-dealkylation sites (tertiary alicyclic amines) is 1. The molecular weight excluding hydrogens is 402 g/mol. The third kappa shape index (κ3) is 5.34. The third-order valence-corrected chi connectivity index (χ3v) is 5.94. The van der Waals surface area contributed by atoms with Crippen LogP contribution in [0.5, 0.6) is 5.75 Å². The number of amides is 3. The molecule has 1 unspecified atom stereocenters. The van der Waals surface area contributed by atoms with Gasteiger partial charge < -0.3 is 30.2 Å². The fourth-order valence-corrected chi connectivity index (χ4v) is 4.10. The van der Waals surface area contributed by atoms with Gasteiger partial charge in [-0.25, -0.2) is 0 Å². The molecule has 9 nitrogen and oxygen atoms in total. The molecule has 0 bridgehead atoms. The van der Waals surface area contributed by atoms with Gasteiger partial charge in [0.2, 0.25) is 17.7 Å². The molecule has 3 fully saturated rings. The third-order valence-electron chi connectivity index (χ3n) is 5.94. The maximum Gasteiger partial charge on any atom is 0.242 e. The topological polar surface area (TPSA) is 120 Å². The molecule has 1 aliphatic carbocycles. The number of carbonyl (C=O) groups excluding carboxylic acids is 3. The fourth-order valence-electron chi connectivity index (χ4n) is 4.10. The van der Waals surface area contributed by atoms with E-state index in [9.17, 15) is 14.4 Å². The second-order valence-corrected chi connectivity index (χ2v) is 8.32. The maximum atomic E-state index is 12.6. The maximum absolute atomic E-state index is 12.6. The van der Waals surface area contributed by atoms with Gasteiger partial charge in [-0.1, -0.05) is 12.1 Å². The Labute approximate surface area is 181 Å². The summed E-state index contributed by atoms with van der Waals surface area (Å²) in [6.07, 6.45) is 3.51. The fraction of sp³-hybridized carbons (Fsp3) is 0.591. The zero-order valence-corrected chi connectivity index (χ0v) is 17.5. The molecule has 3 N–H and O–H groups in total. The van der Waals surface area contributed by atoms with Gasteiger partial charge in [-0.3, -0.25) is 14.4 Å². The van der Waals surface area contributed by atoms with Crippen LogP contribution in [0.3, 0.4) is 0 Å². The number of ether oxygens (including phenoxy) is 3. The van der Waals surface area contributed by atoms with Gasteiger partial charge in [0, 0.05) is 12.8 Å². The molecule has 1 aromatic carbocycles. The minimum atomic E-state index is -0.965. The van der Waals surface area contributed by atoms with Crippen molar-refractivity contribution in [3.8, 4) is 5.75 Å². The molecule has 3 amide bonds. The highest BCUT2D eigenvalue weighted by Crippen LogP contribution is 2.40. The van der Waals surface area contributed by atoms with Crippen molar-refractivity contribution in [2.45, 2.75) is 49.9 Å². The van der Waals surface area contributed by atoms with Crippen LogP contribution < -0.4 is 15.8 Å². The first-order valence-electron chi connectivity index (χ1n) is 10.8. The SMILES string of the molecule is NC(=O)C1CC2(CN1C(=O)CNC(=O)CCCOc1ccc(C3CC3)cc1)OCCO2. The van der Waals surface area contributed by atoms with Gasteiger partial charge in [0.1, 0.15) is 11.8 Å². The molecule has 2 saturated heterocycles. The number of hydrogen-bond donors (Lipinski definition) is 2. The minimum absolute atomic E-state index is 0.128. The molecule has 9 heteroatoms. The molecule has 2 aliphatic heterocycles. The van der Waals surface area contributed by atoms with E-state index in [0.29, 0.717) is 32.2 Å². The molecule has 4 rings (SSSR count). The van der Waals surface area contributed by atoms with E-state index in [-0.39, 0.29) is 37.7 Å². The molecule has 0 radical (unpaired) electrons. The Morgan fingerprint density at radius 3 is 2.52 bits per heavy atom. The minimum Gasteiger partial charge on any atom is -0.494 e. The Hall–Kier alpha value is -2.65. The van der Waals surface area contributed by atoms with Gasteiger partial charge >= 0.3 is 0 Å². The van der Waals surface area contributed by atoms with E-state index in [2.05, 4.69) is 17.4 Å². The first-order valence-corrected chi connectivity index (χ1v) is 10.8. The molecule has 1 saturated carbocycles. The summed E-state index contributed by atoms with van der Waals surface area (Å²) >= 11 is 0. The molecular formula is C22H29N3O6. The summed E-state index contributed by atoms with van der Waals surface area (Å²) in [5.74, 6) is -0.718.